The van der Waals surface area contributed by atoms with E-state index in [1.807, 2.05) is 0 Å². The Morgan fingerprint density at radius 2 is 2.16 bits per heavy atom. The summed E-state index contributed by atoms with van der Waals surface area (Å²) in [4.78, 5) is 25.7. The van der Waals surface area contributed by atoms with E-state index in [1.54, 1.807) is 24.3 Å². The van der Waals surface area contributed by atoms with Crippen molar-refractivity contribution in [3.8, 4) is 0 Å². The zero-order valence-corrected chi connectivity index (χ0v) is 11.1. The lowest BCUT2D eigenvalue weighted by Gasteiger charge is -2.18. The molecule has 1 aromatic rings. The number of hydrogen-bond donors (Lipinski definition) is 0. The first-order chi connectivity index (χ1) is 9.16. The van der Waals surface area contributed by atoms with Crippen LogP contribution in [0.5, 0.6) is 0 Å². The van der Waals surface area contributed by atoms with Gasteiger partial charge in [-0.3, -0.25) is 14.5 Å². The number of amides is 2. The predicted octanol–water partition coefficient (Wildman–Crippen LogP) is 2.40. The van der Waals surface area contributed by atoms with Crippen molar-refractivity contribution in [2.75, 3.05) is 11.5 Å². The Labute approximate surface area is 116 Å². The van der Waals surface area contributed by atoms with Crippen molar-refractivity contribution in [1.29, 1.82) is 0 Å². The summed E-state index contributed by atoms with van der Waals surface area (Å²) in [5.41, 5.74) is 0.544. The zero-order chi connectivity index (χ0) is 13.4. The van der Waals surface area contributed by atoms with Gasteiger partial charge in [-0.25, -0.2) is 0 Å². The number of benzene rings is 1. The largest absolute Gasteiger partial charge is 0.377 e. The summed E-state index contributed by atoms with van der Waals surface area (Å²) < 4.78 is 5.54. The van der Waals surface area contributed by atoms with Crippen LogP contribution in [0.15, 0.2) is 24.3 Å². The molecule has 0 saturated carbocycles. The second kappa shape index (κ2) is 4.94. The normalized spacial score (nSPS) is 27.3. The molecule has 19 heavy (non-hydrogen) atoms. The molecule has 0 aromatic heterocycles. The van der Waals surface area contributed by atoms with E-state index in [4.69, 9.17) is 16.3 Å². The third kappa shape index (κ3) is 2.26. The van der Waals surface area contributed by atoms with E-state index in [9.17, 15) is 9.59 Å². The molecule has 0 aliphatic carbocycles. The average Bonchev–Trinajstić information content (AvgIpc) is 2.97. The van der Waals surface area contributed by atoms with E-state index in [0.717, 1.165) is 12.8 Å². The maximum atomic E-state index is 12.4. The highest BCUT2D eigenvalue weighted by Gasteiger charge is 2.44. The number of ether oxygens (including phenoxy) is 1. The van der Waals surface area contributed by atoms with Crippen molar-refractivity contribution >= 4 is 29.1 Å². The Morgan fingerprint density at radius 3 is 2.84 bits per heavy atom. The number of anilines is 1. The Balaban J connectivity index is 1.86. The lowest BCUT2D eigenvalue weighted by Crippen LogP contribution is -2.33. The molecule has 2 fully saturated rings. The SMILES string of the molecule is O=C1C[C@@H]([C@H]2CCCO2)C(=O)N1c1cccc(Cl)c1. The van der Waals surface area contributed by atoms with Crippen LogP contribution in [0, 0.1) is 5.92 Å². The van der Waals surface area contributed by atoms with Gasteiger partial charge in [-0.2, -0.15) is 0 Å². The molecule has 2 atom stereocenters. The van der Waals surface area contributed by atoms with Crippen molar-refractivity contribution in [2.24, 2.45) is 5.92 Å². The molecule has 0 N–H and O–H groups in total. The number of rotatable bonds is 2. The van der Waals surface area contributed by atoms with Crippen molar-refractivity contribution < 1.29 is 14.3 Å². The minimum Gasteiger partial charge on any atom is -0.377 e. The van der Waals surface area contributed by atoms with Crippen LogP contribution in [0.4, 0.5) is 5.69 Å². The van der Waals surface area contributed by atoms with Crippen LogP contribution < -0.4 is 4.90 Å². The number of nitrogens with zero attached hydrogens (tertiary/aromatic N) is 1. The highest BCUT2D eigenvalue weighted by Crippen LogP contribution is 2.33. The van der Waals surface area contributed by atoms with Crippen LogP contribution in [-0.4, -0.2) is 24.5 Å². The van der Waals surface area contributed by atoms with Gasteiger partial charge in [0.2, 0.25) is 11.8 Å². The molecule has 3 rings (SSSR count). The fraction of sp³-hybridized carbons (Fsp3) is 0.429. The standard InChI is InChI=1S/C14H14ClNO3/c15-9-3-1-4-10(7-9)16-13(17)8-11(14(16)18)12-5-2-6-19-12/h1,3-4,7,11-12H,2,5-6,8H2/t11-,12+/m0/s1. The van der Waals surface area contributed by atoms with Gasteiger partial charge >= 0.3 is 0 Å². The van der Waals surface area contributed by atoms with Crippen LogP contribution in [-0.2, 0) is 14.3 Å². The topological polar surface area (TPSA) is 46.6 Å². The monoisotopic (exact) mass is 279 g/mol. The Morgan fingerprint density at radius 1 is 1.32 bits per heavy atom. The van der Waals surface area contributed by atoms with E-state index >= 15 is 0 Å². The number of carbonyl (C=O) groups is 2. The summed E-state index contributed by atoms with van der Waals surface area (Å²) in [6.07, 6.45) is 1.93. The zero-order valence-electron chi connectivity index (χ0n) is 10.3. The van der Waals surface area contributed by atoms with Crippen molar-refractivity contribution in [1.82, 2.24) is 0 Å². The molecule has 0 radical (unpaired) electrons. The van der Waals surface area contributed by atoms with Gasteiger partial charge in [-0.15, -0.1) is 0 Å². The molecule has 2 amide bonds. The molecule has 2 heterocycles. The molecule has 4 nitrogen and oxygen atoms in total. The predicted molar refractivity (Wildman–Crippen MR) is 71.0 cm³/mol. The van der Waals surface area contributed by atoms with Gasteiger partial charge in [-0.05, 0) is 31.0 Å². The first kappa shape index (κ1) is 12.6. The van der Waals surface area contributed by atoms with Crippen LogP contribution in [0.2, 0.25) is 5.02 Å². The van der Waals surface area contributed by atoms with Crippen molar-refractivity contribution in [3.05, 3.63) is 29.3 Å². The quantitative estimate of drug-likeness (QED) is 0.781. The van der Waals surface area contributed by atoms with Gasteiger partial charge in [0.1, 0.15) is 0 Å². The Hall–Kier alpha value is -1.39. The minimum absolute atomic E-state index is 0.111. The van der Waals surface area contributed by atoms with Crippen molar-refractivity contribution in [3.63, 3.8) is 0 Å². The second-order valence-corrected chi connectivity index (χ2v) is 5.35. The summed E-state index contributed by atoms with van der Waals surface area (Å²) >= 11 is 5.91. The second-order valence-electron chi connectivity index (χ2n) is 4.91. The van der Waals surface area contributed by atoms with E-state index in [-0.39, 0.29) is 30.3 Å². The minimum atomic E-state index is -0.339. The van der Waals surface area contributed by atoms with E-state index in [1.165, 1.54) is 4.90 Å². The summed E-state index contributed by atoms with van der Waals surface area (Å²) in [5.74, 6) is -0.680. The third-order valence-electron chi connectivity index (χ3n) is 3.66. The molecular weight excluding hydrogens is 266 g/mol. The molecule has 100 valence electrons. The van der Waals surface area contributed by atoms with Crippen molar-refractivity contribution in [2.45, 2.75) is 25.4 Å². The van der Waals surface area contributed by atoms with Crippen LogP contribution in [0.25, 0.3) is 0 Å². The molecule has 2 aliphatic rings. The summed E-state index contributed by atoms with van der Waals surface area (Å²) in [5, 5.41) is 0.513. The molecule has 5 heteroatoms. The Kier molecular flexibility index (Phi) is 3.29. The van der Waals surface area contributed by atoms with Gasteiger partial charge in [-0.1, -0.05) is 17.7 Å². The average molecular weight is 280 g/mol. The summed E-state index contributed by atoms with van der Waals surface area (Å²) in [6.45, 7) is 0.680. The molecule has 2 aliphatic heterocycles. The van der Waals surface area contributed by atoms with Gasteiger partial charge < -0.3 is 4.74 Å². The fourth-order valence-corrected chi connectivity index (χ4v) is 2.94. The third-order valence-corrected chi connectivity index (χ3v) is 3.90. The molecule has 0 bridgehead atoms. The van der Waals surface area contributed by atoms with Gasteiger partial charge in [0.15, 0.2) is 0 Å². The highest BCUT2D eigenvalue weighted by atomic mass is 35.5. The van der Waals surface area contributed by atoms with Gasteiger partial charge in [0, 0.05) is 18.1 Å². The van der Waals surface area contributed by atoms with E-state index < -0.39 is 0 Å². The molecule has 2 saturated heterocycles. The van der Waals surface area contributed by atoms with Crippen LogP contribution in [0.3, 0.4) is 0 Å². The maximum absolute atomic E-state index is 12.4. The van der Waals surface area contributed by atoms with Gasteiger partial charge in [0.05, 0.1) is 17.7 Å². The molecular formula is C14H14ClNO3. The van der Waals surface area contributed by atoms with Crippen LogP contribution in [0.1, 0.15) is 19.3 Å². The van der Waals surface area contributed by atoms with Crippen LogP contribution >= 0.6 is 11.6 Å². The fourth-order valence-electron chi connectivity index (χ4n) is 2.75. The maximum Gasteiger partial charge on any atom is 0.240 e. The summed E-state index contributed by atoms with van der Waals surface area (Å²) in [6, 6.07) is 6.81. The first-order valence-corrected chi connectivity index (χ1v) is 6.78. The lowest BCUT2D eigenvalue weighted by molar-refractivity contribution is -0.124. The Bertz CT molecular complexity index is 525. The lowest BCUT2D eigenvalue weighted by atomic mass is 9.98. The molecule has 0 unspecified atom stereocenters. The number of hydrogen-bond acceptors (Lipinski definition) is 3. The number of carbonyl (C=O) groups excluding carboxylic acids is 2. The van der Waals surface area contributed by atoms with E-state index in [2.05, 4.69) is 0 Å². The number of halogens is 1. The van der Waals surface area contributed by atoms with E-state index in [0.29, 0.717) is 17.3 Å². The summed E-state index contributed by atoms with van der Waals surface area (Å²) in [7, 11) is 0. The highest BCUT2D eigenvalue weighted by molar-refractivity contribution is 6.31. The van der Waals surface area contributed by atoms with Gasteiger partial charge in [0.25, 0.3) is 0 Å². The smallest absolute Gasteiger partial charge is 0.240 e. The molecule has 1 aromatic carbocycles. The first-order valence-electron chi connectivity index (χ1n) is 6.41. The number of imide groups is 1. The molecule has 0 spiro atoms.